The van der Waals surface area contributed by atoms with Crippen molar-refractivity contribution < 1.29 is 13.2 Å². The van der Waals surface area contributed by atoms with Crippen LogP contribution in [0.4, 0.5) is 18.9 Å². The topological polar surface area (TPSA) is 26.0 Å². The zero-order valence-corrected chi connectivity index (χ0v) is 8.33. The van der Waals surface area contributed by atoms with E-state index in [2.05, 4.69) is 15.9 Å². The lowest BCUT2D eigenvalue weighted by atomic mass is 10.1. The monoisotopic (exact) mass is 253 g/mol. The largest absolute Gasteiger partial charge is 0.417 e. The highest BCUT2D eigenvalue weighted by molar-refractivity contribution is 9.10. The molecule has 0 atom stereocenters. The number of hydrogen-bond acceptors (Lipinski definition) is 1. The molecule has 0 aliphatic heterocycles. The Kier molecular flexibility index (Phi) is 2.56. The Hall–Kier alpha value is -0.710. The average Bonchev–Trinajstić information content (AvgIpc) is 1.98. The molecule has 72 valence electrons. The number of halogens is 4. The summed E-state index contributed by atoms with van der Waals surface area (Å²) >= 11 is 2.87. The van der Waals surface area contributed by atoms with E-state index in [4.69, 9.17) is 5.73 Å². The number of anilines is 1. The van der Waals surface area contributed by atoms with Crippen molar-refractivity contribution in [2.45, 2.75) is 13.1 Å². The predicted molar refractivity (Wildman–Crippen MR) is 48.3 cm³/mol. The summed E-state index contributed by atoms with van der Waals surface area (Å²) in [4.78, 5) is 0. The van der Waals surface area contributed by atoms with Crippen molar-refractivity contribution in [3.05, 3.63) is 27.7 Å². The molecule has 0 amide bonds. The van der Waals surface area contributed by atoms with E-state index in [1.807, 2.05) is 0 Å². The molecule has 1 aromatic rings. The van der Waals surface area contributed by atoms with E-state index in [0.717, 1.165) is 6.07 Å². The molecular formula is C8H7BrF3N. The number of nitrogen functional groups attached to an aromatic ring is 1. The van der Waals surface area contributed by atoms with E-state index in [0.29, 0.717) is 11.3 Å². The van der Waals surface area contributed by atoms with Crippen molar-refractivity contribution in [1.82, 2.24) is 0 Å². The Morgan fingerprint density at radius 1 is 1.31 bits per heavy atom. The normalized spacial score (nSPS) is 11.8. The van der Waals surface area contributed by atoms with E-state index in [-0.39, 0.29) is 4.47 Å². The quantitative estimate of drug-likeness (QED) is 0.706. The highest BCUT2D eigenvalue weighted by Gasteiger charge is 2.33. The summed E-state index contributed by atoms with van der Waals surface area (Å²) in [6.45, 7) is 1.54. The van der Waals surface area contributed by atoms with Crippen molar-refractivity contribution in [3.63, 3.8) is 0 Å². The van der Waals surface area contributed by atoms with Gasteiger partial charge in [0.25, 0.3) is 0 Å². The molecule has 1 nitrogen and oxygen atoms in total. The Labute approximate surface area is 81.9 Å². The molecule has 0 spiro atoms. The molecular weight excluding hydrogens is 247 g/mol. The Bertz CT molecular complexity index is 333. The average molecular weight is 254 g/mol. The minimum absolute atomic E-state index is 0.0139. The molecule has 0 bridgehead atoms. The fourth-order valence-corrected chi connectivity index (χ4v) is 1.50. The lowest BCUT2D eigenvalue weighted by Crippen LogP contribution is -2.07. The first-order chi connectivity index (χ1) is 5.84. The van der Waals surface area contributed by atoms with Crippen molar-refractivity contribution in [2.75, 3.05) is 5.73 Å². The summed E-state index contributed by atoms with van der Waals surface area (Å²) in [7, 11) is 0. The van der Waals surface area contributed by atoms with Crippen LogP contribution in [-0.4, -0.2) is 0 Å². The molecule has 1 aromatic carbocycles. The van der Waals surface area contributed by atoms with Crippen LogP contribution in [0.3, 0.4) is 0 Å². The lowest BCUT2D eigenvalue weighted by molar-refractivity contribution is -0.138. The summed E-state index contributed by atoms with van der Waals surface area (Å²) in [5.41, 5.74) is 5.50. The van der Waals surface area contributed by atoms with Crippen LogP contribution in [0.5, 0.6) is 0 Å². The third-order valence-electron chi connectivity index (χ3n) is 1.73. The van der Waals surface area contributed by atoms with Gasteiger partial charge < -0.3 is 5.73 Å². The maximum absolute atomic E-state index is 12.3. The highest BCUT2D eigenvalue weighted by Crippen LogP contribution is 2.37. The first-order valence-electron chi connectivity index (χ1n) is 3.46. The summed E-state index contributed by atoms with van der Waals surface area (Å²) in [5, 5.41) is 0. The van der Waals surface area contributed by atoms with Crippen LogP contribution in [0, 0.1) is 6.92 Å². The second kappa shape index (κ2) is 3.21. The highest BCUT2D eigenvalue weighted by atomic mass is 79.9. The Morgan fingerprint density at radius 3 is 2.31 bits per heavy atom. The molecule has 1 rings (SSSR count). The number of hydrogen-bond donors (Lipinski definition) is 1. The molecule has 2 N–H and O–H groups in total. The summed E-state index contributed by atoms with van der Waals surface area (Å²) < 4.78 is 36.9. The van der Waals surface area contributed by atoms with E-state index >= 15 is 0 Å². The fraction of sp³-hybridized carbons (Fsp3) is 0.250. The minimum Gasteiger partial charge on any atom is -0.398 e. The molecule has 13 heavy (non-hydrogen) atoms. The lowest BCUT2D eigenvalue weighted by Gasteiger charge is -2.11. The minimum atomic E-state index is -4.34. The number of nitrogens with two attached hydrogens (primary N) is 1. The predicted octanol–water partition coefficient (Wildman–Crippen LogP) is 3.36. The zero-order valence-electron chi connectivity index (χ0n) is 6.74. The smallest absolute Gasteiger partial charge is 0.398 e. The first-order valence-corrected chi connectivity index (χ1v) is 4.25. The van der Waals surface area contributed by atoms with Crippen LogP contribution >= 0.6 is 15.9 Å². The molecule has 0 aliphatic carbocycles. The Balaban J connectivity index is 3.35. The van der Waals surface area contributed by atoms with Gasteiger partial charge in [0.1, 0.15) is 0 Å². The SMILES string of the molecule is Cc1c(N)ccc(C(F)(F)F)c1Br. The van der Waals surface area contributed by atoms with Crippen molar-refractivity contribution in [1.29, 1.82) is 0 Å². The van der Waals surface area contributed by atoms with Gasteiger partial charge in [0, 0.05) is 10.2 Å². The van der Waals surface area contributed by atoms with Gasteiger partial charge in [-0.1, -0.05) is 0 Å². The maximum Gasteiger partial charge on any atom is 0.417 e. The molecule has 0 fully saturated rings. The van der Waals surface area contributed by atoms with Crippen LogP contribution in [0.1, 0.15) is 11.1 Å². The Morgan fingerprint density at radius 2 is 1.85 bits per heavy atom. The standard InChI is InChI=1S/C8H7BrF3N/c1-4-6(13)3-2-5(7(4)9)8(10,11)12/h2-3H,13H2,1H3. The molecule has 0 saturated carbocycles. The fourth-order valence-electron chi connectivity index (χ4n) is 0.919. The number of rotatable bonds is 0. The van der Waals surface area contributed by atoms with E-state index in [1.54, 1.807) is 0 Å². The van der Waals surface area contributed by atoms with Crippen LogP contribution in [0.25, 0.3) is 0 Å². The molecule has 0 radical (unpaired) electrons. The first kappa shape index (κ1) is 10.4. The maximum atomic E-state index is 12.3. The van der Waals surface area contributed by atoms with Gasteiger partial charge in [-0.15, -0.1) is 0 Å². The molecule has 0 aromatic heterocycles. The third kappa shape index (κ3) is 1.96. The zero-order chi connectivity index (χ0) is 10.2. The van der Waals surface area contributed by atoms with Crippen LogP contribution in [0.15, 0.2) is 16.6 Å². The molecule has 0 unspecified atom stereocenters. The van der Waals surface area contributed by atoms with Gasteiger partial charge in [-0.25, -0.2) is 0 Å². The third-order valence-corrected chi connectivity index (χ3v) is 2.76. The number of benzene rings is 1. The van der Waals surface area contributed by atoms with Gasteiger partial charge in [-0.05, 0) is 40.5 Å². The summed E-state index contributed by atoms with van der Waals surface area (Å²) in [6, 6.07) is 2.22. The number of alkyl halides is 3. The van der Waals surface area contributed by atoms with Gasteiger partial charge in [-0.2, -0.15) is 13.2 Å². The van der Waals surface area contributed by atoms with Gasteiger partial charge >= 0.3 is 6.18 Å². The molecule has 5 heteroatoms. The van der Waals surface area contributed by atoms with Crippen molar-refractivity contribution in [3.8, 4) is 0 Å². The molecule has 0 saturated heterocycles. The van der Waals surface area contributed by atoms with Crippen molar-refractivity contribution >= 4 is 21.6 Å². The summed E-state index contributed by atoms with van der Waals surface area (Å²) in [6.07, 6.45) is -4.34. The van der Waals surface area contributed by atoms with Gasteiger partial charge in [-0.3, -0.25) is 0 Å². The molecule has 0 heterocycles. The van der Waals surface area contributed by atoms with Gasteiger partial charge in [0.15, 0.2) is 0 Å². The van der Waals surface area contributed by atoms with Crippen LogP contribution in [0.2, 0.25) is 0 Å². The second-order valence-electron chi connectivity index (χ2n) is 2.64. The summed E-state index contributed by atoms with van der Waals surface area (Å²) in [5.74, 6) is 0. The van der Waals surface area contributed by atoms with Gasteiger partial charge in [0.05, 0.1) is 5.56 Å². The van der Waals surface area contributed by atoms with Gasteiger partial charge in [0.2, 0.25) is 0 Å². The van der Waals surface area contributed by atoms with E-state index in [9.17, 15) is 13.2 Å². The van der Waals surface area contributed by atoms with Crippen molar-refractivity contribution in [2.24, 2.45) is 0 Å². The second-order valence-corrected chi connectivity index (χ2v) is 3.43. The van der Waals surface area contributed by atoms with Crippen LogP contribution in [-0.2, 0) is 6.18 Å². The van der Waals surface area contributed by atoms with E-state index in [1.165, 1.54) is 13.0 Å². The van der Waals surface area contributed by atoms with Crippen LogP contribution < -0.4 is 5.73 Å². The van der Waals surface area contributed by atoms with E-state index < -0.39 is 11.7 Å². The molecule has 0 aliphatic rings.